The van der Waals surface area contributed by atoms with Crippen LogP contribution in [0.5, 0.6) is 0 Å². The average molecular weight is 231 g/mol. The lowest BCUT2D eigenvalue weighted by Crippen LogP contribution is -1.99. The molecular weight excluding hydrogens is 214 g/mol. The smallest absolute Gasteiger partial charge is 0.305 e. The van der Waals surface area contributed by atoms with E-state index in [9.17, 15) is 4.79 Å². The normalized spacial score (nSPS) is 10.6. The first-order valence-electron chi connectivity index (χ1n) is 5.93. The number of aryl methyl sites for hydroxylation is 1. The lowest BCUT2D eigenvalue weighted by Gasteiger charge is -1.98. The molecule has 0 aliphatic rings. The molecule has 0 aliphatic heterocycles. The summed E-state index contributed by atoms with van der Waals surface area (Å²) in [5.41, 5.74) is 2.41. The first-order chi connectivity index (χ1) is 8.29. The van der Waals surface area contributed by atoms with Crippen LogP contribution in [-0.4, -0.2) is 18.1 Å². The maximum Gasteiger partial charge on any atom is 0.305 e. The van der Waals surface area contributed by atoms with Gasteiger partial charge in [0.1, 0.15) is 0 Å². The Morgan fingerprint density at radius 3 is 2.88 bits per heavy atom. The predicted octanol–water partition coefficient (Wildman–Crippen LogP) is 3.05. The molecule has 0 aliphatic carbocycles. The molecule has 3 nitrogen and oxygen atoms in total. The number of hydrogen-bond acceptors (Lipinski definition) is 2. The number of fused-ring (bicyclic) bond motifs is 1. The molecule has 0 atom stereocenters. The van der Waals surface area contributed by atoms with Gasteiger partial charge in [-0.2, -0.15) is 0 Å². The molecule has 0 saturated carbocycles. The third kappa shape index (κ3) is 3.09. The van der Waals surface area contributed by atoms with E-state index in [0.717, 1.165) is 19.3 Å². The summed E-state index contributed by atoms with van der Waals surface area (Å²) in [6.45, 7) is 0. The number of esters is 1. The molecule has 1 aromatic heterocycles. The van der Waals surface area contributed by atoms with Gasteiger partial charge in [-0.05, 0) is 36.8 Å². The molecule has 0 spiro atoms. The SMILES string of the molecule is COC(=O)CCCCc1cc2ccccc2[nH]1. The van der Waals surface area contributed by atoms with Crippen molar-refractivity contribution in [3.8, 4) is 0 Å². The molecule has 90 valence electrons. The zero-order chi connectivity index (χ0) is 12.1. The Hall–Kier alpha value is -1.77. The van der Waals surface area contributed by atoms with Crippen LogP contribution < -0.4 is 0 Å². The van der Waals surface area contributed by atoms with Crippen LogP contribution in [0.2, 0.25) is 0 Å². The number of unbranched alkanes of at least 4 members (excludes halogenated alkanes) is 1. The third-order valence-corrected chi connectivity index (χ3v) is 2.89. The Labute approximate surface area is 101 Å². The Bertz CT molecular complexity index is 469. The van der Waals surface area contributed by atoms with Crippen molar-refractivity contribution < 1.29 is 9.53 Å². The first-order valence-corrected chi connectivity index (χ1v) is 5.93. The van der Waals surface area contributed by atoms with Gasteiger partial charge in [-0.1, -0.05) is 18.2 Å². The van der Waals surface area contributed by atoms with E-state index in [1.54, 1.807) is 0 Å². The maximum atomic E-state index is 10.9. The maximum absolute atomic E-state index is 10.9. The Balaban J connectivity index is 1.85. The van der Waals surface area contributed by atoms with Crippen LogP contribution in [0.15, 0.2) is 30.3 Å². The average Bonchev–Trinajstić information content (AvgIpc) is 2.76. The zero-order valence-electron chi connectivity index (χ0n) is 10.0. The minimum absolute atomic E-state index is 0.123. The number of carbonyl (C=O) groups is 1. The van der Waals surface area contributed by atoms with E-state index < -0.39 is 0 Å². The van der Waals surface area contributed by atoms with E-state index in [-0.39, 0.29) is 5.97 Å². The van der Waals surface area contributed by atoms with Crippen LogP contribution in [0.4, 0.5) is 0 Å². The highest BCUT2D eigenvalue weighted by atomic mass is 16.5. The van der Waals surface area contributed by atoms with Crippen LogP contribution in [0.1, 0.15) is 25.0 Å². The summed E-state index contributed by atoms with van der Waals surface area (Å²) in [6, 6.07) is 10.4. The van der Waals surface area contributed by atoms with Gasteiger partial charge in [-0.25, -0.2) is 0 Å². The van der Waals surface area contributed by atoms with Crippen molar-refractivity contribution in [3.05, 3.63) is 36.0 Å². The Morgan fingerprint density at radius 1 is 1.29 bits per heavy atom. The highest BCUT2D eigenvalue weighted by Gasteiger charge is 2.02. The Kier molecular flexibility index (Phi) is 3.81. The number of methoxy groups -OCH3 is 1. The van der Waals surface area contributed by atoms with Gasteiger partial charge < -0.3 is 9.72 Å². The fraction of sp³-hybridized carbons (Fsp3) is 0.357. The number of carbonyl (C=O) groups excluding carboxylic acids is 1. The fourth-order valence-corrected chi connectivity index (χ4v) is 1.95. The molecule has 0 saturated heterocycles. The molecule has 0 unspecified atom stereocenters. The number of hydrogen-bond donors (Lipinski definition) is 1. The van der Waals surface area contributed by atoms with Gasteiger partial charge in [0.15, 0.2) is 0 Å². The van der Waals surface area contributed by atoms with Gasteiger partial charge in [0.05, 0.1) is 7.11 Å². The van der Waals surface area contributed by atoms with Crippen LogP contribution in [0.25, 0.3) is 10.9 Å². The second-order valence-corrected chi connectivity index (χ2v) is 4.17. The van der Waals surface area contributed by atoms with Gasteiger partial charge in [0.2, 0.25) is 0 Å². The van der Waals surface area contributed by atoms with E-state index in [2.05, 4.69) is 27.9 Å². The summed E-state index contributed by atoms with van der Waals surface area (Å²) < 4.78 is 4.60. The van der Waals surface area contributed by atoms with Gasteiger partial charge in [-0.15, -0.1) is 0 Å². The molecule has 1 heterocycles. The number of aromatic nitrogens is 1. The zero-order valence-corrected chi connectivity index (χ0v) is 10.0. The predicted molar refractivity (Wildman–Crippen MR) is 67.9 cm³/mol. The lowest BCUT2D eigenvalue weighted by atomic mass is 10.1. The number of benzene rings is 1. The van der Waals surface area contributed by atoms with Gasteiger partial charge >= 0.3 is 5.97 Å². The van der Waals surface area contributed by atoms with Crippen molar-refractivity contribution in [2.45, 2.75) is 25.7 Å². The molecule has 1 N–H and O–H groups in total. The van der Waals surface area contributed by atoms with Crippen molar-refractivity contribution in [2.75, 3.05) is 7.11 Å². The Morgan fingerprint density at radius 2 is 2.12 bits per heavy atom. The molecule has 0 amide bonds. The van der Waals surface area contributed by atoms with Crippen molar-refractivity contribution in [2.24, 2.45) is 0 Å². The molecule has 2 aromatic rings. The summed E-state index contributed by atoms with van der Waals surface area (Å²) in [7, 11) is 1.43. The van der Waals surface area contributed by atoms with Crippen LogP contribution >= 0.6 is 0 Å². The molecule has 0 bridgehead atoms. The second kappa shape index (κ2) is 5.53. The van der Waals surface area contributed by atoms with Crippen molar-refractivity contribution in [1.29, 1.82) is 0 Å². The molecule has 3 heteroatoms. The van der Waals surface area contributed by atoms with Gasteiger partial charge in [0.25, 0.3) is 0 Å². The summed E-state index contributed by atoms with van der Waals surface area (Å²) in [5, 5.41) is 1.25. The van der Waals surface area contributed by atoms with Gasteiger partial charge in [0, 0.05) is 17.6 Å². The second-order valence-electron chi connectivity index (χ2n) is 4.17. The van der Waals surface area contributed by atoms with Crippen molar-refractivity contribution in [1.82, 2.24) is 4.98 Å². The van der Waals surface area contributed by atoms with E-state index in [4.69, 9.17) is 0 Å². The number of ether oxygens (including phenoxy) is 1. The monoisotopic (exact) mass is 231 g/mol. The lowest BCUT2D eigenvalue weighted by molar-refractivity contribution is -0.140. The molecule has 2 rings (SSSR count). The molecule has 1 aromatic carbocycles. The highest BCUT2D eigenvalue weighted by Crippen LogP contribution is 2.16. The quantitative estimate of drug-likeness (QED) is 0.634. The topological polar surface area (TPSA) is 42.1 Å². The fourth-order valence-electron chi connectivity index (χ4n) is 1.95. The molecule has 17 heavy (non-hydrogen) atoms. The van der Waals surface area contributed by atoms with Crippen molar-refractivity contribution in [3.63, 3.8) is 0 Å². The molecular formula is C14H17NO2. The first kappa shape index (κ1) is 11.7. The third-order valence-electron chi connectivity index (χ3n) is 2.89. The summed E-state index contributed by atoms with van der Waals surface area (Å²) in [4.78, 5) is 14.3. The highest BCUT2D eigenvalue weighted by molar-refractivity contribution is 5.80. The van der Waals surface area contributed by atoms with Crippen molar-refractivity contribution >= 4 is 16.9 Å². The van der Waals surface area contributed by atoms with E-state index in [0.29, 0.717) is 6.42 Å². The van der Waals surface area contributed by atoms with Crippen LogP contribution in [0, 0.1) is 0 Å². The number of H-pyrrole nitrogens is 1. The summed E-state index contributed by atoms with van der Waals surface area (Å²) >= 11 is 0. The number of aromatic amines is 1. The number of rotatable bonds is 5. The number of para-hydroxylation sites is 1. The van der Waals surface area contributed by atoms with Crippen LogP contribution in [-0.2, 0) is 16.0 Å². The van der Waals surface area contributed by atoms with E-state index >= 15 is 0 Å². The van der Waals surface area contributed by atoms with E-state index in [1.807, 2.05) is 12.1 Å². The minimum Gasteiger partial charge on any atom is -0.469 e. The molecule has 0 radical (unpaired) electrons. The largest absolute Gasteiger partial charge is 0.469 e. The number of nitrogens with one attached hydrogen (secondary N) is 1. The summed E-state index contributed by atoms with van der Waals surface area (Å²) in [5.74, 6) is -0.123. The van der Waals surface area contributed by atoms with Gasteiger partial charge in [-0.3, -0.25) is 4.79 Å². The van der Waals surface area contributed by atoms with Crippen LogP contribution in [0.3, 0.4) is 0 Å². The van der Waals surface area contributed by atoms with E-state index in [1.165, 1.54) is 23.7 Å². The minimum atomic E-state index is -0.123. The molecule has 0 fully saturated rings. The summed E-state index contributed by atoms with van der Waals surface area (Å²) in [6.07, 6.45) is 3.37. The standard InChI is InChI=1S/C14H17NO2/c1-17-14(16)9-5-3-7-12-10-11-6-2-4-8-13(11)15-12/h2,4,6,8,10,15H,3,5,7,9H2,1H3.